The van der Waals surface area contributed by atoms with Crippen molar-refractivity contribution in [1.29, 1.82) is 0 Å². The molecular formula is C28H33ClN6O. The molecule has 0 amide bonds. The van der Waals surface area contributed by atoms with E-state index >= 15 is 0 Å². The van der Waals surface area contributed by atoms with Crippen molar-refractivity contribution < 1.29 is 4.74 Å². The molecule has 36 heavy (non-hydrogen) atoms. The summed E-state index contributed by atoms with van der Waals surface area (Å²) in [7, 11) is 6.04. The quantitative estimate of drug-likeness (QED) is 0.326. The normalized spacial score (nSPS) is 17.5. The monoisotopic (exact) mass is 504 g/mol. The lowest BCUT2D eigenvalue weighted by atomic mass is 9.78. The lowest BCUT2D eigenvalue weighted by molar-refractivity contribution is 0.112. The van der Waals surface area contributed by atoms with Crippen LogP contribution in [-0.4, -0.2) is 60.2 Å². The molecule has 1 aliphatic heterocycles. The molecule has 2 aromatic carbocycles. The van der Waals surface area contributed by atoms with E-state index in [9.17, 15) is 0 Å². The molecular weight excluding hydrogens is 472 g/mol. The van der Waals surface area contributed by atoms with E-state index in [2.05, 4.69) is 71.2 Å². The first kappa shape index (κ1) is 24.4. The molecule has 4 aromatic rings. The Bertz CT molecular complexity index is 1380. The Labute approximate surface area is 217 Å². The van der Waals surface area contributed by atoms with E-state index in [0.717, 1.165) is 53.1 Å². The highest BCUT2D eigenvalue weighted by atomic mass is 35.5. The zero-order valence-corrected chi connectivity index (χ0v) is 22.2. The molecule has 1 aliphatic rings. The number of fused-ring (bicyclic) bond motifs is 1. The van der Waals surface area contributed by atoms with E-state index in [0.29, 0.717) is 22.7 Å². The Morgan fingerprint density at radius 2 is 2.00 bits per heavy atom. The maximum Gasteiger partial charge on any atom is 0.227 e. The second kappa shape index (κ2) is 9.64. The Balaban J connectivity index is 1.40. The smallest absolute Gasteiger partial charge is 0.227 e. The topological polar surface area (TPSA) is 69.3 Å². The lowest BCUT2D eigenvalue weighted by Gasteiger charge is -2.48. The highest BCUT2D eigenvalue weighted by Crippen LogP contribution is 2.38. The minimum atomic E-state index is 0.182. The number of aromatic nitrogens is 3. The van der Waals surface area contributed by atoms with E-state index in [1.165, 1.54) is 0 Å². The molecule has 1 atom stereocenters. The number of halogens is 1. The zero-order chi connectivity index (χ0) is 25.4. The van der Waals surface area contributed by atoms with E-state index in [-0.39, 0.29) is 5.41 Å². The third-order valence-corrected chi connectivity index (χ3v) is 7.46. The maximum absolute atomic E-state index is 6.51. The van der Waals surface area contributed by atoms with Gasteiger partial charge in [0.05, 0.1) is 29.7 Å². The number of nitrogens with zero attached hydrogens (tertiary/aromatic N) is 4. The highest BCUT2D eigenvalue weighted by Gasteiger charge is 2.37. The van der Waals surface area contributed by atoms with Gasteiger partial charge in [0.15, 0.2) is 0 Å². The van der Waals surface area contributed by atoms with Crippen LogP contribution in [0.2, 0.25) is 5.02 Å². The van der Waals surface area contributed by atoms with E-state index < -0.39 is 0 Å². The van der Waals surface area contributed by atoms with Gasteiger partial charge in [-0.25, -0.2) is 9.97 Å². The number of H-pyrrole nitrogens is 1. The van der Waals surface area contributed by atoms with Crippen LogP contribution in [0, 0.1) is 5.41 Å². The fourth-order valence-electron chi connectivity index (χ4n) is 5.51. The molecule has 7 nitrogen and oxygen atoms in total. The molecule has 3 heterocycles. The predicted molar refractivity (Wildman–Crippen MR) is 149 cm³/mol. The summed E-state index contributed by atoms with van der Waals surface area (Å²) in [5.41, 5.74) is 4.78. The van der Waals surface area contributed by atoms with Gasteiger partial charge in [-0.15, -0.1) is 0 Å². The molecule has 2 N–H and O–H groups in total. The average Bonchev–Trinajstić information content (AvgIpc) is 3.28. The average molecular weight is 505 g/mol. The van der Waals surface area contributed by atoms with Crippen molar-refractivity contribution in [2.24, 2.45) is 5.41 Å². The van der Waals surface area contributed by atoms with E-state index in [4.69, 9.17) is 21.3 Å². The molecule has 0 spiro atoms. The number of methoxy groups -OCH3 is 1. The van der Waals surface area contributed by atoms with Gasteiger partial charge >= 0.3 is 0 Å². The van der Waals surface area contributed by atoms with E-state index in [1.54, 1.807) is 13.3 Å². The third kappa shape index (κ3) is 4.61. The minimum absolute atomic E-state index is 0.182. The van der Waals surface area contributed by atoms with Gasteiger partial charge in [0, 0.05) is 53.5 Å². The molecule has 1 fully saturated rings. The summed E-state index contributed by atoms with van der Waals surface area (Å²) < 4.78 is 5.76. The minimum Gasteiger partial charge on any atom is -0.494 e. The summed E-state index contributed by atoms with van der Waals surface area (Å²) in [5.74, 6) is 1.20. The SMILES string of the molecule is COc1cc(N2CCC(N(C)C)C(C)(C)C2)ccc1Nc1ncc(Cl)c(-c2c[nH]c3ccccc23)n1. The summed E-state index contributed by atoms with van der Waals surface area (Å²) in [6.45, 7) is 6.69. The van der Waals surface area contributed by atoms with Gasteiger partial charge < -0.3 is 24.8 Å². The van der Waals surface area contributed by atoms with Crippen LogP contribution in [-0.2, 0) is 0 Å². The molecule has 0 aliphatic carbocycles. The number of ether oxygens (including phenoxy) is 1. The Morgan fingerprint density at radius 1 is 1.19 bits per heavy atom. The van der Waals surface area contributed by atoms with Gasteiger partial charge in [0.25, 0.3) is 0 Å². The van der Waals surface area contributed by atoms with Crippen molar-refractivity contribution in [3.05, 3.63) is 59.9 Å². The van der Waals surface area contributed by atoms with Gasteiger partial charge in [-0.3, -0.25) is 0 Å². The first-order valence-corrected chi connectivity index (χ1v) is 12.6. The summed E-state index contributed by atoms with van der Waals surface area (Å²) >= 11 is 6.51. The largest absolute Gasteiger partial charge is 0.494 e. The molecule has 2 aromatic heterocycles. The predicted octanol–water partition coefficient (Wildman–Crippen LogP) is 6.20. The van der Waals surface area contributed by atoms with Gasteiger partial charge in [-0.05, 0) is 44.1 Å². The molecule has 1 saturated heterocycles. The standard InChI is InChI=1S/C28H33ClN6O/c1-28(2)17-35(13-12-25(28)34(3)4)18-10-11-23(24(14-18)36-5)32-27-31-16-21(29)26(33-27)20-15-30-22-9-7-6-8-19(20)22/h6-11,14-16,25,30H,12-13,17H2,1-5H3,(H,31,32,33). The summed E-state index contributed by atoms with van der Waals surface area (Å²) in [6, 6.07) is 14.9. The number of anilines is 3. The van der Waals surface area contributed by atoms with Gasteiger partial charge in [0.1, 0.15) is 5.75 Å². The third-order valence-electron chi connectivity index (χ3n) is 7.18. The number of nitrogens with one attached hydrogen (secondary N) is 2. The van der Waals surface area contributed by atoms with Crippen molar-refractivity contribution >= 4 is 39.8 Å². The summed E-state index contributed by atoms with van der Waals surface area (Å²) in [4.78, 5) is 17.2. The molecule has 0 saturated carbocycles. The van der Waals surface area contributed by atoms with Crippen molar-refractivity contribution in [2.75, 3.05) is 44.5 Å². The van der Waals surface area contributed by atoms with Crippen LogP contribution < -0.4 is 15.0 Å². The van der Waals surface area contributed by atoms with Crippen molar-refractivity contribution in [1.82, 2.24) is 19.9 Å². The number of benzene rings is 2. The van der Waals surface area contributed by atoms with Gasteiger partial charge in [0.2, 0.25) is 5.95 Å². The Hall–Kier alpha value is -3.29. The first-order valence-electron chi connectivity index (χ1n) is 12.2. The van der Waals surface area contributed by atoms with Crippen LogP contribution in [0.4, 0.5) is 17.3 Å². The van der Waals surface area contributed by atoms with Crippen LogP contribution in [0.25, 0.3) is 22.2 Å². The maximum atomic E-state index is 6.51. The number of rotatable bonds is 6. The first-order chi connectivity index (χ1) is 17.3. The second-order valence-corrected chi connectivity index (χ2v) is 10.7. The van der Waals surface area contributed by atoms with Gasteiger partial charge in [-0.2, -0.15) is 0 Å². The molecule has 5 rings (SSSR count). The lowest BCUT2D eigenvalue weighted by Crippen LogP contribution is -2.54. The fourth-order valence-corrected chi connectivity index (χ4v) is 5.70. The van der Waals surface area contributed by atoms with Crippen LogP contribution in [0.1, 0.15) is 20.3 Å². The second-order valence-electron chi connectivity index (χ2n) is 10.3. The molecule has 0 bridgehead atoms. The van der Waals surface area contributed by atoms with Crippen molar-refractivity contribution in [3.8, 4) is 17.0 Å². The number of hydrogen-bond donors (Lipinski definition) is 2. The number of piperidine rings is 1. The van der Waals surface area contributed by atoms with Crippen molar-refractivity contribution in [3.63, 3.8) is 0 Å². The van der Waals surface area contributed by atoms with Crippen LogP contribution in [0.5, 0.6) is 5.75 Å². The summed E-state index contributed by atoms with van der Waals surface area (Å²) in [6.07, 6.45) is 4.68. The zero-order valence-electron chi connectivity index (χ0n) is 21.5. The highest BCUT2D eigenvalue weighted by molar-refractivity contribution is 6.33. The Morgan fingerprint density at radius 3 is 2.75 bits per heavy atom. The molecule has 8 heteroatoms. The Kier molecular flexibility index (Phi) is 6.53. The summed E-state index contributed by atoms with van der Waals surface area (Å²) in [5, 5.41) is 4.89. The molecule has 1 unspecified atom stereocenters. The van der Waals surface area contributed by atoms with E-state index in [1.807, 2.05) is 30.5 Å². The number of para-hydroxylation sites is 1. The molecule has 0 radical (unpaired) electrons. The number of hydrogen-bond acceptors (Lipinski definition) is 6. The van der Waals surface area contributed by atoms with Gasteiger partial charge in [-0.1, -0.05) is 43.6 Å². The van der Waals surface area contributed by atoms with Crippen LogP contribution >= 0.6 is 11.6 Å². The van der Waals surface area contributed by atoms with Crippen LogP contribution in [0.15, 0.2) is 54.9 Å². The fraction of sp³-hybridized carbons (Fsp3) is 0.357. The van der Waals surface area contributed by atoms with Crippen molar-refractivity contribution in [2.45, 2.75) is 26.3 Å². The number of aromatic amines is 1. The molecule has 188 valence electrons. The van der Waals surface area contributed by atoms with Crippen LogP contribution in [0.3, 0.4) is 0 Å².